The number of hydrogen-bond donors (Lipinski definition) is 0. The number of halogens is 1. The van der Waals surface area contributed by atoms with Gasteiger partial charge in [0.25, 0.3) is 0 Å². The summed E-state index contributed by atoms with van der Waals surface area (Å²) in [5.41, 5.74) is 1.85. The zero-order valence-corrected chi connectivity index (χ0v) is 16.5. The van der Waals surface area contributed by atoms with Crippen LogP contribution in [0.4, 0.5) is 5.69 Å². The molecule has 0 aliphatic rings. The van der Waals surface area contributed by atoms with Crippen LogP contribution in [0, 0.1) is 21.4 Å². The fraction of sp³-hybridized carbons (Fsp3) is 0.0500. The van der Waals surface area contributed by atoms with Crippen molar-refractivity contribution in [2.24, 2.45) is 0 Å². The van der Waals surface area contributed by atoms with E-state index in [1.807, 2.05) is 17.5 Å². The SMILES string of the molecule is CC(=O)Oc1ccc(/C=C(\C#N)c2nc(-c3ccc(Cl)cc3)cs2)cc1[N+](=O)[O-]. The Hall–Kier alpha value is -3.54. The molecule has 0 aliphatic heterocycles. The first-order valence-electron chi connectivity index (χ1n) is 8.18. The van der Waals surface area contributed by atoms with Crippen LogP contribution in [0.25, 0.3) is 22.9 Å². The molecular weight excluding hydrogens is 414 g/mol. The van der Waals surface area contributed by atoms with Crippen molar-refractivity contribution >= 4 is 46.2 Å². The first-order chi connectivity index (χ1) is 13.9. The van der Waals surface area contributed by atoms with Gasteiger partial charge in [0.15, 0.2) is 0 Å². The molecule has 0 N–H and O–H groups in total. The summed E-state index contributed by atoms with van der Waals surface area (Å²) in [6, 6.07) is 13.3. The summed E-state index contributed by atoms with van der Waals surface area (Å²) in [5.74, 6) is -0.816. The number of hydrogen-bond acceptors (Lipinski definition) is 7. The van der Waals surface area contributed by atoms with E-state index in [1.165, 1.54) is 35.6 Å². The molecule has 1 heterocycles. The van der Waals surface area contributed by atoms with Gasteiger partial charge in [0, 0.05) is 29.0 Å². The standard InChI is InChI=1S/C20H12ClN3O4S/c1-12(25)28-19-7-2-13(9-18(19)24(26)27)8-15(10-22)20-23-17(11-29-20)14-3-5-16(21)6-4-14/h2-9,11H,1H3/b15-8+. The number of thiazole rings is 1. The molecule has 0 fully saturated rings. The second-order valence-electron chi connectivity index (χ2n) is 5.79. The molecule has 0 amide bonds. The Morgan fingerprint density at radius 2 is 2.03 bits per heavy atom. The van der Waals surface area contributed by atoms with E-state index in [9.17, 15) is 20.2 Å². The second kappa shape index (κ2) is 8.65. The van der Waals surface area contributed by atoms with E-state index >= 15 is 0 Å². The molecule has 1 aromatic heterocycles. The molecule has 144 valence electrons. The average Bonchev–Trinajstić information content (AvgIpc) is 3.17. The van der Waals surface area contributed by atoms with Crippen LogP contribution in [0.3, 0.4) is 0 Å². The van der Waals surface area contributed by atoms with E-state index in [4.69, 9.17) is 16.3 Å². The van der Waals surface area contributed by atoms with Crippen LogP contribution >= 0.6 is 22.9 Å². The minimum absolute atomic E-state index is 0.155. The Labute approximate surface area is 174 Å². The molecule has 3 rings (SSSR count). The molecule has 7 nitrogen and oxygen atoms in total. The Balaban J connectivity index is 1.95. The molecule has 0 radical (unpaired) electrons. The highest BCUT2D eigenvalue weighted by molar-refractivity contribution is 7.11. The largest absolute Gasteiger partial charge is 0.419 e. The molecule has 0 atom stereocenters. The molecule has 0 saturated heterocycles. The van der Waals surface area contributed by atoms with Crippen molar-refractivity contribution in [3.63, 3.8) is 0 Å². The van der Waals surface area contributed by atoms with Crippen molar-refractivity contribution in [2.45, 2.75) is 6.92 Å². The fourth-order valence-corrected chi connectivity index (χ4v) is 3.39. The topological polar surface area (TPSA) is 106 Å². The Morgan fingerprint density at radius 1 is 1.31 bits per heavy atom. The lowest BCUT2D eigenvalue weighted by molar-refractivity contribution is -0.385. The summed E-state index contributed by atoms with van der Waals surface area (Å²) < 4.78 is 4.85. The van der Waals surface area contributed by atoms with Crippen LogP contribution in [0.15, 0.2) is 47.8 Å². The van der Waals surface area contributed by atoms with E-state index < -0.39 is 10.9 Å². The van der Waals surface area contributed by atoms with Crippen molar-refractivity contribution < 1.29 is 14.5 Å². The number of allylic oxidation sites excluding steroid dienone is 1. The average molecular weight is 426 g/mol. The van der Waals surface area contributed by atoms with Crippen LogP contribution in [0.2, 0.25) is 5.02 Å². The number of rotatable bonds is 5. The Kier molecular flexibility index (Phi) is 6.02. The Bertz CT molecular complexity index is 1160. The predicted molar refractivity (Wildman–Crippen MR) is 110 cm³/mol. The van der Waals surface area contributed by atoms with Crippen molar-refractivity contribution in [2.75, 3.05) is 0 Å². The van der Waals surface area contributed by atoms with E-state index in [1.54, 1.807) is 12.1 Å². The van der Waals surface area contributed by atoms with Crippen LogP contribution in [-0.2, 0) is 4.79 Å². The summed E-state index contributed by atoms with van der Waals surface area (Å²) in [6.07, 6.45) is 1.50. The van der Waals surface area contributed by atoms with Crippen molar-refractivity contribution in [3.8, 4) is 23.1 Å². The first kappa shape index (κ1) is 20.2. The van der Waals surface area contributed by atoms with Gasteiger partial charge in [-0.15, -0.1) is 11.3 Å². The molecule has 0 aliphatic carbocycles. The van der Waals surface area contributed by atoms with Gasteiger partial charge in [-0.1, -0.05) is 29.8 Å². The monoisotopic (exact) mass is 425 g/mol. The maximum atomic E-state index is 11.3. The van der Waals surface area contributed by atoms with Gasteiger partial charge in [0.2, 0.25) is 5.75 Å². The third kappa shape index (κ3) is 4.85. The first-order valence-corrected chi connectivity index (χ1v) is 9.43. The molecule has 29 heavy (non-hydrogen) atoms. The van der Waals surface area contributed by atoms with Gasteiger partial charge < -0.3 is 4.74 Å². The molecule has 3 aromatic rings. The summed E-state index contributed by atoms with van der Waals surface area (Å²) in [6.45, 7) is 1.16. The maximum absolute atomic E-state index is 11.3. The quantitative estimate of drug-likeness (QED) is 0.179. The normalized spacial score (nSPS) is 11.0. The number of carbonyl (C=O) groups is 1. The maximum Gasteiger partial charge on any atom is 0.312 e. The van der Waals surface area contributed by atoms with Crippen LogP contribution in [0.1, 0.15) is 17.5 Å². The van der Waals surface area contributed by atoms with Gasteiger partial charge in [-0.25, -0.2) is 4.98 Å². The lowest BCUT2D eigenvalue weighted by Gasteiger charge is -2.03. The van der Waals surface area contributed by atoms with Crippen molar-refractivity contribution in [1.82, 2.24) is 4.98 Å². The highest BCUT2D eigenvalue weighted by Gasteiger charge is 2.18. The van der Waals surface area contributed by atoms with E-state index in [2.05, 4.69) is 11.1 Å². The summed E-state index contributed by atoms with van der Waals surface area (Å²) >= 11 is 7.18. The lowest BCUT2D eigenvalue weighted by atomic mass is 10.1. The number of aromatic nitrogens is 1. The summed E-state index contributed by atoms with van der Waals surface area (Å²) in [7, 11) is 0. The number of benzene rings is 2. The van der Waals surface area contributed by atoms with Crippen LogP contribution in [-0.4, -0.2) is 15.9 Å². The number of carbonyl (C=O) groups excluding carboxylic acids is 1. The van der Waals surface area contributed by atoms with Gasteiger partial charge in [0.1, 0.15) is 11.1 Å². The van der Waals surface area contributed by atoms with Gasteiger partial charge >= 0.3 is 11.7 Å². The molecule has 9 heteroatoms. The van der Waals surface area contributed by atoms with Gasteiger partial charge in [-0.2, -0.15) is 5.26 Å². The number of nitro groups is 1. The number of ether oxygens (including phenoxy) is 1. The Morgan fingerprint density at radius 3 is 2.66 bits per heavy atom. The smallest absolute Gasteiger partial charge is 0.312 e. The molecule has 0 unspecified atom stereocenters. The third-order valence-electron chi connectivity index (χ3n) is 3.74. The minimum Gasteiger partial charge on any atom is -0.419 e. The second-order valence-corrected chi connectivity index (χ2v) is 7.09. The molecule has 2 aromatic carbocycles. The van der Waals surface area contributed by atoms with Crippen LogP contribution < -0.4 is 4.74 Å². The van der Waals surface area contributed by atoms with E-state index in [0.29, 0.717) is 21.3 Å². The van der Waals surface area contributed by atoms with E-state index in [-0.39, 0.29) is 17.0 Å². The minimum atomic E-state index is -0.661. The van der Waals surface area contributed by atoms with Crippen molar-refractivity contribution in [3.05, 3.63) is 73.6 Å². The highest BCUT2D eigenvalue weighted by Crippen LogP contribution is 2.31. The molecular formula is C20H12ClN3O4S. The predicted octanol–water partition coefficient (Wildman–Crippen LogP) is 5.36. The van der Waals surface area contributed by atoms with Gasteiger partial charge in [-0.3, -0.25) is 14.9 Å². The summed E-state index contributed by atoms with van der Waals surface area (Å²) in [4.78, 5) is 26.2. The molecule has 0 saturated carbocycles. The molecule has 0 spiro atoms. The number of nitriles is 1. The van der Waals surface area contributed by atoms with Gasteiger partial charge in [-0.05, 0) is 29.8 Å². The van der Waals surface area contributed by atoms with Gasteiger partial charge in [0.05, 0.1) is 16.2 Å². The third-order valence-corrected chi connectivity index (χ3v) is 4.87. The van der Waals surface area contributed by atoms with E-state index in [0.717, 1.165) is 12.5 Å². The summed E-state index contributed by atoms with van der Waals surface area (Å²) in [5, 5.41) is 23.7. The van der Waals surface area contributed by atoms with Crippen LogP contribution in [0.5, 0.6) is 5.75 Å². The molecule has 0 bridgehead atoms. The fourth-order valence-electron chi connectivity index (χ4n) is 2.47. The lowest BCUT2D eigenvalue weighted by Crippen LogP contribution is -2.04. The zero-order valence-electron chi connectivity index (χ0n) is 15.0. The number of esters is 1. The number of nitrogens with zero attached hydrogens (tertiary/aromatic N) is 3. The van der Waals surface area contributed by atoms with Crippen molar-refractivity contribution in [1.29, 1.82) is 5.26 Å². The highest BCUT2D eigenvalue weighted by atomic mass is 35.5. The number of nitro benzene ring substituents is 1. The zero-order chi connectivity index (χ0) is 21.0.